The van der Waals surface area contributed by atoms with Crippen LogP contribution in [-0.2, 0) is 14.8 Å². The number of nitrogens with zero attached hydrogens (tertiary/aromatic N) is 2. The Bertz CT molecular complexity index is 807. The van der Waals surface area contributed by atoms with Gasteiger partial charge in [-0.05, 0) is 33.3 Å². The van der Waals surface area contributed by atoms with Crippen LogP contribution in [0.25, 0.3) is 0 Å². The van der Waals surface area contributed by atoms with Crippen LogP contribution in [0, 0.1) is 20.8 Å². The molecule has 0 saturated carbocycles. The fourth-order valence-corrected chi connectivity index (χ4v) is 4.92. The number of morpholine rings is 1. The van der Waals surface area contributed by atoms with Crippen molar-refractivity contribution in [1.82, 2.24) is 9.46 Å². The van der Waals surface area contributed by atoms with Crippen molar-refractivity contribution in [3.8, 4) is 0 Å². The molecule has 1 saturated heterocycles. The summed E-state index contributed by atoms with van der Waals surface area (Å²) in [5, 5.41) is 3.78. The van der Waals surface area contributed by atoms with Gasteiger partial charge in [0.2, 0.25) is 10.0 Å². The van der Waals surface area contributed by atoms with E-state index in [0.29, 0.717) is 18.1 Å². The number of aryl methyl sites for hydroxylation is 3. The Morgan fingerprint density at radius 2 is 1.83 bits per heavy atom. The molecule has 0 radical (unpaired) electrons. The number of rotatable bonds is 3. The molecule has 1 aromatic heterocycles. The Labute approximate surface area is 142 Å². The van der Waals surface area contributed by atoms with Gasteiger partial charge in [-0.1, -0.05) is 35.0 Å². The van der Waals surface area contributed by atoms with Crippen LogP contribution in [0.2, 0.25) is 0 Å². The standard InChI is InChI=1S/C17H22N2O4S/c1-11-5-7-15(8-6-11)16-9-19(12(2)10-22-16)24(20,21)17-13(3)18-23-14(17)4/h5-8,12,16H,9-10H2,1-4H3. The summed E-state index contributed by atoms with van der Waals surface area (Å²) in [5.74, 6) is 0.318. The maximum absolute atomic E-state index is 13.1. The van der Waals surface area contributed by atoms with E-state index in [1.165, 1.54) is 4.31 Å². The van der Waals surface area contributed by atoms with Gasteiger partial charge < -0.3 is 9.26 Å². The highest BCUT2D eigenvalue weighted by Crippen LogP contribution is 2.31. The molecule has 1 aliphatic heterocycles. The summed E-state index contributed by atoms with van der Waals surface area (Å²) in [6, 6.07) is 7.73. The number of aromatic nitrogens is 1. The van der Waals surface area contributed by atoms with Gasteiger partial charge in [-0.15, -0.1) is 0 Å². The second-order valence-electron chi connectivity index (χ2n) is 6.31. The van der Waals surface area contributed by atoms with Gasteiger partial charge in [0.1, 0.15) is 10.6 Å². The molecule has 130 valence electrons. The number of ether oxygens (including phenoxy) is 1. The predicted molar refractivity (Wildman–Crippen MR) is 89.2 cm³/mol. The molecule has 0 N–H and O–H groups in total. The van der Waals surface area contributed by atoms with E-state index >= 15 is 0 Å². The number of benzene rings is 1. The van der Waals surface area contributed by atoms with Crippen LogP contribution in [0.15, 0.2) is 33.7 Å². The van der Waals surface area contributed by atoms with Crippen LogP contribution in [0.4, 0.5) is 0 Å². The van der Waals surface area contributed by atoms with E-state index in [2.05, 4.69) is 5.16 Å². The maximum Gasteiger partial charge on any atom is 0.248 e. The van der Waals surface area contributed by atoms with Gasteiger partial charge in [-0.25, -0.2) is 8.42 Å². The first-order valence-corrected chi connectivity index (χ1v) is 9.37. The topological polar surface area (TPSA) is 72.6 Å². The van der Waals surface area contributed by atoms with Crippen LogP contribution >= 0.6 is 0 Å². The lowest BCUT2D eigenvalue weighted by Crippen LogP contribution is -2.48. The number of sulfonamides is 1. The highest BCUT2D eigenvalue weighted by molar-refractivity contribution is 7.89. The highest BCUT2D eigenvalue weighted by Gasteiger charge is 2.39. The van der Waals surface area contributed by atoms with Gasteiger partial charge in [0.15, 0.2) is 5.76 Å². The van der Waals surface area contributed by atoms with E-state index in [9.17, 15) is 8.42 Å². The molecule has 2 unspecified atom stereocenters. The zero-order valence-electron chi connectivity index (χ0n) is 14.3. The van der Waals surface area contributed by atoms with Gasteiger partial charge in [-0.2, -0.15) is 4.31 Å². The minimum Gasteiger partial charge on any atom is -0.370 e. The predicted octanol–water partition coefficient (Wildman–Crippen LogP) is 2.75. The Balaban J connectivity index is 1.93. The molecule has 2 atom stereocenters. The first-order valence-electron chi connectivity index (χ1n) is 7.93. The summed E-state index contributed by atoms with van der Waals surface area (Å²) in [5.41, 5.74) is 2.52. The number of hydrogen-bond acceptors (Lipinski definition) is 5. The fraction of sp³-hybridized carbons (Fsp3) is 0.471. The van der Waals surface area contributed by atoms with Gasteiger partial charge in [0.25, 0.3) is 0 Å². The van der Waals surface area contributed by atoms with Gasteiger partial charge in [-0.3, -0.25) is 0 Å². The molecular formula is C17H22N2O4S. The van der Waals surface area contributed by atoms with E-state index in [0.717, 1.165) is 11.1 Å². The maximum atomic E-state index is 13.1. The Morgan fingerprint density at radius 1 is 1.17 bits per heavy atom. The molecule has 0 aliphatic carbocycles. The molecule has 2 heterocycles. The molecule has 7 heteroatoms. The highest BCUT2D eigenvalue weighted by atomic mass is 32.2. The summed E-state index contributed by atoms with van der Waals surface area (Å²) in [6.07, 6.45) is -0.281. The quantitative estimate of drug-likeness (QED) is 0.851. The van der Waals surface area contributed by atoms with Crippen LogP contribution in [0.5, 0.6) is 0 Å². The fourth-order valence-electron chi connectivity index (χ4n) is 3.01. The van der Waals surface area contributed by atoms with Gasteiger partial charge in [0.05, 0.1) is 12.7 Å². The minimum atomic E-state index is -3.68. The molecule has 1 aliphatic rings. The van der Waals surface area contributed by atoms with E-state index in [1.807, 2.05) is 38.1 Å². The molecule has 6 nitrogen and oxygen atoms in total. The largest absolute Gasteiger partial charge is 0.370 e. The molecule has 0 bridgehead atoms. The molecular weight excluding hydrogens is 328 g/mol. The SMILES string of the molecule is Cc1ccc(C2CN(S(=O)(=O)c3c(C)noc3C)C(C)CO2)cc1. The molecule has 0 amide bonds. The third kappa shape index (κ3) is 2.99. The van der Waals surface area contributed by atoms with Crippen molar-refractivity contribution in [2.45, 2.75) is 44.7 Å². The minimum absolute atomic E-state index is 0.166. The zero-order chi connectivity index (χ0) is 17.5. The average molecular weight is 350 g/mol. The van der Waals surface area contributed by atoms with Crippen molar-refractivity contribution in [3.05, 3.63) is 46.8 Å². The molecule has 2 aromatic rings. The van der Waals surface area contributed by atoms with Crippen LogP contribution in [0.3, 0.4) is 0 Å². The van der Waals surface area contributed by atoms with Crippen LogP contribution in [-0.4, -0.2) is 37.1 Å². The summed E-state index contributed by atoms with van der Waals surface area (Å²) < 4.78 is 38.6. The van der Waals surface area contributed by atoms with Crippen molar-refractivity contribution >= 4 is 10.0 Å². The van der Waals surface area contributed by atoms with Crippen molar-refractivity contribution in [2.24, 2.45) is 0 Å². The van der Waals surface area contributed by atoms with Gasteiger partial charge >= 0.3 is 0 Å². The second-order valence-corrected chi connectivity index (χ2v) is 8.14. The Hall–Kier alpha value is -1.70. The van der Waals surface area contributed by atoms with Crippen molar-refractivity contribution in [3.63, 3.8) is 0 Å². The van der Waals surface area contributed by atoms with Crippen molar-refractivity contribution in [1.29, 1.82) is 0 Å². The summed E-state index contributed by atoms with van der Waals surface area (Å²) in [6.45, 7) is 7.75. The van der Waals surface area contributed by atoms with Crippen molar-refractivity contribution in [2.75, 3.05) is 13.2 Å². The Kier molecular flexibility index (Phi) is 4.50. The first kappa shape index (κ1) is 17.1. The third-order valence-electron chi connectivity index (χ3n) is 4.36. The zero-order valence-corrected chi connectivity index (χ0v) is 15.1. The van der Waals surface area contributed by atoms with Crippen LogP contribution < -0.4 is 0 Å². The molecule has 1 fully saturated rings. The van der Waals surface area contributed by atoms with Crippen molar-refractivity contribution < 1.29 is 17.7 Å². The monoisotopic (exact) mass is 350 g/mol. The summed E-state index contributed by atoms with van der Waals surface area (Å²) in [4.78, 5) is 0.166. The first-order chi connectivity index (χ1) is 11.3. The van der Waals surface area contributed by atoms with E-state index in [-0.39, 0.29) is 23.6 Å². The lowest BCUT2D eigenvalue weighted by molar-refractivity contribution is -0.0288. The summed E-state index contributed by atoms with van der Waals surface area (Å²) in [7, 11) is -3.68. The van der Waals surface area contributed by atoms with Crippen LogP contribution in [0.1, 0.15) is 35.6 Å². The lowest BCUT2D eigenvalue weighted by atomic mass is 10.1. The normalized spacial score (nSPS) is 22.7. The summed E-state index contributed by atoms with van der Waals surface area (Å²) >= 11 is 0. The van der Waals surface area contributed by atoms with E-state index < -0.39 is 10.0 Å². The molecule has 1 aromatic carbocycles. The smallest absolute Gasteiger partial charge is 0.248 e. The lowest BCUT2D eigenvalue weighted by Gasteiger charge is -2.37. The molecule has 24 heavy (non-hydrogen) atoms. The van der Waals surface area contributed by atoms with Gasteiger partial charge in [0, 0.05) is 12.6 Å². The Morgan fingerprint density at radius 3 is 2.42 bits per heavy atom. The van der Waals surface area contributed by atoms with E-state index in [4.69, 9.17) is 9.26 Å². The average Bonchev–Trinajstić information content (AvgIpc) is 2.88. The molecule has 0 spiro atoms. The second kappa shape index (κ2) is 6.31. The molecule has 3 rings (SSSR count). The number of hydrogen-bond donors (Lipinski definition) is 0. The van der Waals surface area contributed by atoms with E-state index in [1.54, 1.807) is 13.8 Å². The third-order valence-corrected chi connectivity index (χ3v) is 6.58.